The summed E-state index contributed by atoms with van der Waals surface area (Å²) in [5, 5.41) is 12.4. The zero-order chi connectivity index (χ0) is 20.6. The Balaban J connectivity index is 1.93. The second-order valence-corrected chi connectivity index (χ2v) is 6.96. The highest BCUT2D eigenvalue weighted by Crippen LogP contribution is 2.23. The van der Waals surface area contributed by atoms with Gasteiger partial charge in [0.1, 0.15) is 5.41 Å². The van der Waals surface area contributed by atoms with E-state index in [1.54, 1.807) is 36.1 Å². The van der Waals surface area contributed by atoms with E-state index in [2.05, 4.69) is 5.32 Å². The van der Waals surface area contributed by atoms with Gasteiger partial charge in [-0.05, 0) is 18.1 Å². The molecule has 0 aliphatic rings. The number of rotatable bonds is 9. The predicted molar refractivity (Wildman–Crippen MR) is 107 cm³/mol. The number of hydrogen-bond acceptors (Lipinski definition) is 3. The summed E-state index contributed by atoms with van der Waals surface area (Å²) in [4.78, 5) is 37.5. The highest BCUT2D eigenvalue weighted by molar-refractivity contribution is 5.83. The fourth-order valence-electron chi connectivity index (χ4n) is 2.86. The maximum absolute atomic E-state index is 12.3. The number of nitrogens with zero attached hydrogens (tertiary/aromatic N) is 1. The molecule has 0 aliphatic carbocycles. The van der Waals surface area contributed by atoms with E-state index in [1.165, 1.54) is 6.92 Å². The number of aliphatic carboxylic acids is 1. The van der Waals surface area contributed by atoms with E-state index in [9.17, 15) is 19.5 Å². The molecule has 148 valence electrons. The van der Waals surface area contributed by atoms with Gasteiger partial charge in [0, 0.05) is 33.0 Å². The SMILES string of the molecule is CC(=O)N(CCC(=O)NCC(C)(C(=O)O)c1ccccc1)Cc1ccccc1. The summed E-state index contributed by atoms with van der Waals surface area (Å²) in [5.74, 6) is -1.41. The average Bonchev–Trinajstić information content (AvgIpc) is 2.70. The van der Waals surface area contributed by atoms with Crippen molar-refractivity contribution in [2.24, 2.45) is 0 Å². The van der Waals surface area contributed by atoms with Gasteiger partial charge >= 0.3 is 5.97 Å². The minimum absolute atomic E-state index is 0.0239. The van der Waals surface area contributed by atoms with E-state index in [-0.39, 0.29) is 31.3 Å². The van der Waals surface area contributed by atoms with Crippen molar-refractivity contribution in [3.63, 3.8) is 0 Å². The van der Waals surface area contributed by atoms with E-state index in [1.807, 2.05) is 36.4 Å². The Hall–Kier alpha value is -3.15. The molecule has 0 saturated heterocycles. The summed E-state index contributed by atoms with van der Waals surface area (Å²) in [6.45, 7) is 3.73. The first kappa shape index (κ1) is 21.2. The van der Waals surface area contributed by atoms with Gasteiger partial charge in [-0.3, -0.25) is 14.4 Å². The van der Waals surface area contributed by atoms with Crippen LogP contribution in [-0.2, 0) is 26.3 Å². The van der Waals surface area contributed by atoms with Crippen molar-refractivity contribution in [2.45, 2.75) is 32.2 Å². The number of benzene rings is 2. The average molecular weight is 382 g/mol. The van der Waals surface area contributed by atoms with Gasteiger partial charge in [0.15, 0.2) is 0 Å². The Morgan fingerprint density at radius 3 is 2.11 bits per heavy atom. The molecular weight excluding hydrogens is 356 g/mol. The van der Waals surface area contributed by atoms with Crippen LogP contribution in [0.3, 0.4) is 0 Å². The monoisotopic (exact) mass is 382 g/mol. The third kappa shape index (κ3) is 5.67. The lowest BCUT2D eigenvalue weighted by atomic mass is 9.82. The van der Waals surface area contributed by atoms with Crippen molar-refractivity contribution in [3.05, 3.63) is 71.8 Å². The number of carboxylic acid groups (broad SMARTS) is 1. The van der Waals surface area contributed by atoms with Gasteiger partial charge in [-0.25, -0.2) is 0 Å². The summed E-state index contributed by atoms with van der Waals surface area (Å²) in [5.41, 5.74) is 0.388. The third-order valence-corrected chi connectivity index (χ3v) is 4.79. The van der Waals surface area contributed by atoms with Crippen LogP contribution in [0.25, 0.3) is 0 Å². The summed E-state index contributed by atoms with van der Waals surface area (Å²) in [7, 11) is 0. The lowest BCUT2D eigenvalue weighted by Gasteiger charge is -2.26. The molecule has 0 saturated carbocycles. The first-order chi connectivity index (χ1) is 13.3. The maximum atomic E-state index is 12.3. The van der Waals surface area contributed by atoms with Crippen LogP contribution < -0.4 is 5.32 Å². The van der Waals surface area contributed by atoms with Gasteiger partial charge in [0.05, 0.1) is 0 Å². The zero-order valence-corrected chi connectivity index (χ0v) is 16.2. The highest BCUT2D eigenvalue weighted by Gasteiger charge is 2.35. The second-order valence-electron chi connectivity index (χ2n) is 6.96. The molecule has 1 unspecified atom stereocenters. The van der Waals surface area contributed by atoms with Crippen LogP contribution in [0, 0.1) is 0 Å². The van der Waals surface area contributed by atoms with Crippen molar-refractivity contribution >= 4 is 17.8 Å². The van der Waals surface area contributed by atoms with Crippen LogP contribution >= 0.6 is 0 Å². The summed E-state index contributed by atoms with van der Waals surface area (Å²) in [6, 6.07) is 18.4. The Labute approximate surface area is 165 Å². The molecule has 0 aromatic heterocycles. The Morgan fingerprint density at radius 1 is 1.00 bits per heavy atom. The zero-order valence-electron chi connectivity index (χ0n) is 16.2. The normalized spacial score (nSPS) is 12.6. The first-order valence-corrected chi connectivity index (χ1v) is 9.18. The van der Waals surface area contributed by atoms with Gasteiger partial charge in [-0.2, -0.15) is 0 Å². The van der Waals surface area contributed by atoms with Gasteiger partial charge in [0.2, 0.25) is 11.8 Å². The molecular formula is C22H26N2O4. The minimum atomic E-state index is -1.22. The van der Waals surface area contributed by atoms with Gasteiger partial charge in [-0.15, -0.1) is 0 Å². The van der Waals surface area contributed by atoms with Gasteiger partial charge in [0.25, 0.3) is 0 Å². The molecule has 2 amide bonds. The summed E-state index contributed by atoms with van der Waals surface area (Å²) < 4.78 is 0. The Bertz CT molecular complexity index is 808. The van der Waals surface area contributed by atoms with Crippen molar-refractivity contribution in [3.8, 4) is 0 Å². The van der Waals surface area contributed by atoms with Crippen LogP contribution in [0.15, 0.2) is 60.7 Å². The molecule has 0 aliphatic heterocycles. The molecule has 2 aromatic rings. The summed E-state index contributed by atoms with van der Waals surface area (Å²) in [6.07, 6.45) is 0.108. The first-order valence-electron chi connectivity index (χ1n) is 9.18. The Kier molecular flexibility index (Phi) is 7.32. The highest BCUT2D eigenvalue weighted by atomic mass is 16.4. The molecule has 0 fully saturated rings. The Morgan fingerprint density at radius 2 is 1.57 bits per heavy atom. The summed E-state index contributed by atoms with van der Waals surface area (Å²) >= 11 is 0. The van der Waals surface area contributed by atoms with E-state index < -0.39 is 11.4 Å². The number of carbonyl (C=O) groups is 3. The molecule has 0 heterocycles. The predicted octanol–water partition coefficient (Wildman–Crippen LogP) is 2.58. The molecule has 2 N–H and O–H groups in total. The number of hydrogen-bond donors (Lipinski definition) is 2. The second kappa shape index (κ2) is 9.69. The van der Waals surface area contributed by atoms with Crippen LogP contribution in [0.1, 0.15) is 31.4 Å². The molecule has 6 heteroatoms. The largest absolute Gasteiger partial charge is 0.481 e. The topological polar surface area (TPSA) is 86.7 Å². The molecule has 0 spiro atoms. The fraction of sp³-hybridized carbons (Fsp3) is 0.318. The standard InChI is InChI=1S/C22H26N2O4/c1-17(25)24(15-18-9-5-3-6-10-18)14-13-20(26)23-16-22(2,21(27)28)19-11-7-4-8-12-19/h3-12H,13-16H2,1-2H3,(H,23,26)(H,27,28). The van der Waals surface area contributed by atoms with Crippen LogP contribution in [0.2, 0.25) is 0 Å². The molecule has 0 bridgehead atoms. The van der Waals surface area contributed by atoms with Crippen molar-refractivity contribution in [1.29, 1.82) is 0 Å². The molecule has 2 aromatic carbocycles. The smallest absolute Gasteiger partial charge is 0.315 e. The van der Waals surface area contributed by atoms with E-state index in [0.717, 1.165) is 5.56 Å². The third-order valence-electron chi connectivity index (χ3n) is 4.79. The molecule has 1 atom stereocenters. The lowest BCUT2D eigenvalue weighted by molar-refractivity contribution is -0.143. The fourth-order valence-corrected chi connectivity index (χ4v) is 2.86. The van der Waals surface area contributed by atoms with E-state index in [4.69, 9.17) is 0 Å². The van der Waals surface area contributed by atoms with Crippen LogP contribution in [0.5, 0.6) is 0 Å². The lowest BCUT2D eigenvalue weighted by Crippen LogP contribution is -2.45. The minimum Gasteiger partial charge on any atom is -0.481 e. The van der Waals surface area contributed by atoms with Gasteiger partial charge < -0.3 is 15.3 Å². The van der Waals surface area contributed by atoms with Crippen molar-refractivity contribution in [2.75, 3.05) is 13.1 Å². The number of carbonyl (C=O) groups excluding carboxylic acids is 2. The van der Waals surface area contributed by atoms with Crippen molar-refractivity contribution < 1.29 is 19.5 Å². The van der Waals surface area contributed by atoms with Crippen LogP contribution in [-0.4, -0.2) is 40.9 Å². The molecule has 28 heavy (non-hydrogen) atoms. The number of nitrogens with one attached hydrogen (secondary N) is 1. The van der Waals surface area contributed by atoms with E-state index >= 15 is 0 Å². The molecule has 0 radical (unpaired) electrons. The number of carboxylic acids is 1. The van der Waals surface area contributed by atoms with Crippen LogP contribution in [0.4, 0.5) is 0 Å². The van der Waals surface area contributed by atoms with Gasteiger partial charge in [-0.1, -0.05) is 60.7 Å². The molecule has 2 rings (SSSR count). The van der Waals surface area contributed by atoms with E-state index in [0.29, 0.717) is 12.1 Å². The maximum Gasteiger partial charge on any atom is 0.315 e. The van der Waals surface area contributed by atoms with Crippen molar-refractivity contribution in [1.82, 2.24) is 10.2 Å². The number of amides is 2. The molecule has 6 nitrogen and oxygen atoms in total. The quantitative estimate of drug-likeness (QED) is 0.698.